The van der Waals surface area contributed by atoms with Gasteiger partial charge in [0, 0.05) is 18.8 Å². The lowest BCUT2D eigenvalue weighted by Gasteiger charge is -2.13. The Balaban J connectivity index is 2.28. The lowest BCUT2D eigenvalue weighted by atomic mass is 9.98. The maximum Gasteiger partial charge on any atom is 0.332 e. The Hall–Kier alpha value is -1.71. The quantitative estimate of drug-likeness (QED) is 0.655. The molecule has 1 aliphatic carbocycles. The number of aromatic nitrogens is 1. The maximum absolute atomic E-state index is 11.4. The molecule has 0 aromatic carbocycles. The highest BCUT2D eigenvalue weighted by atomic mass is 16.5. The normalized spacial score (nSPS) is 15.3. The number of nitrogens with zero attached hydrogens (tertiary/aromatic N) is 1. The highest BCUT2D eigenvalue weighted by Crippen LogP contribution is 2.26. The molecule has 1 aromatic heterocycles. The molecule has 0 bridgehead atoms. The van der Waals surface area contributed by atoms with Crippen molar-refractivity contribution >= 4 is 11.7 Å². The molecule has 4 nitrogen and oxygen atoms in total. The summed E-state index contributed by atoms with van der Waals surface area (Å²) in [7, 11) is 2.01. The number of nitrogens with two attached hydrogens (primary N) is 1. The molecule has 0 saturated carbocycles. The average Bonchev–Trinajstić information content (AvgIpc) is 2.68. The lowest BCUT2D eigenvalue weighted by Crippen LogP contribution is -2.10. The largest absolute Gasteiger partial charge is 0.463 e. The van der Waals surface area contributed by atoms with Gasteiger partial charge in [-0.3, -0.25) is 0 Å². The van der Waals surface area contributed by atoms with E-state index in [1.807, 2.05) is 7.05 Å². The van der Waals surface area contributed by atoms with Gasteiger partial charge in [0.15, 0.2) is 0 Å². The van der Waals surface area contributed by atoms with E-state index >= 15 is 0 Å². The zero-order chi connectivity index (χ0) is 13.1. The molecule has 0 radical (unpaired) electrons. The van der Waals surface area contributed by atoms with E-state index in [9.17, 15) is 4.79 Å². The predicted octanol–water partition coefficient (Wildman–Crippen LogP) is 1.77. The smallest absolute Gasteiger partial charge is 0.332 e. The maximum atomic E-state index is 11.4. The van der Waals surface area contributed by atoms with Crippen LogP contribution in [0.1, 0.15) is 36.7 Å². The summed E-state index contributed by atoms with van der Waals surface area (Å²) in [4.78, 5) is 11.4. The van der Waals surface area contributed by atoms with Gasteiger partial charge in [-0.1, -0.05) is 0 Å². The minimum absolute atomic E-state index is 0.367. The summed E-state index contributed by atoms with van der Waals surface area (Å²) >= 11 is 0. The Kier molecular flexibility index (Phi) is 3.75. The molecule has 0 amide bonds. The fourth-order valence-corrected chi connectivity index (χ4v) is 2.52. The van der Waals surface area contributed by atoms with Crippen LogP contribution in [0, 0.1) is 0 Å². The molecular formula is C14H20N2O2. The van der Waals surface area contributed by atoms with Crippen molar-refractivity contribution in [1.82, 2.24) is 4.57 Å². The molecule has 0 unspecified atom stereocenters. The number of carbonyl (C=O) groups is 1. The van der Waals surface area contributed by atoms with Crippen LogP contribution in [0.2, 0.25) is 0 Å². The Morgan fingerprint density at radius 3 is 2.89 bits per heavy atom. The van der Waals surface area contributed by atoms with Crippen LogP contribution in [0.25, 0.3) is 5.70 Å². The van der Waals surface area contributed by atoms with Crippen LogP contribution in [0.5, 0.6) is 0 Å². The number of aryl methyl sites for hydroxylation is 1. The number of fused-ring (bicyclic) bond motifs is 1. The minimum Gasteiger partial charge on any atom is -0.463 e. The Morgan fingerprint density at radius 1 is 1.50 bits per heavy atom. The van der Waals surface area contributed by atoms with Crippen molar-refractivity contribution < 1.29 is 9.53 Å². The fraction of sp³-hybridized carbons (Fsp3) is 0.500. The molecule has 2 N–H and O–H groups in total. The van der Waals surface area contributed by atoms with Gasteiger partial charge in [0.1, 0.15) is 0 Å². The second-order valence-corrected chi connectivity index (χ2v) is 4.62. The van der Waals surface area contributed by atoms with Gasteiger partial charge >= 0.3 is 5.97 Å². The van der Waals surface area contributed by atoms with Crippen molar-refractivity contribution in [1.29, 1.82) is 0 Å². The minimum atomic E-state index is -0.380. The van der Waals surface area contributed by atoms with Crippen LogP contribution in [0.15, 0.2) is 12.1 Å². The zero-order valence-corrected chi connectivity index (χ0v) is 11.0. The summed E-state index contributed by atoms with van der Waals surface area (Å²) in [5.41, 5.74) is 10.1. The third kappa shape index (κ3) is 2.42. The van der Waals surface area contributed by atoms with Crippen molar-refractivity contribution in [2.24, 2.45) is 12.8 Å². The van der Waals surface area contributed by atoms with Gasteiger partial charge in [-0.15, -0.1) is 0 Å². The van der Waals surface area contributed by atoms with Gasteiger partial charge in [-0.25, -0.2) is 4.79 Å². The van der Waals surface area contributed by atoms with E-state index in [1.165, 1.54) is 30.2 Å². The van der Waals surface area contributed by atoms with Crippen LogP contribution in [-0.2, 0) is 29.4 Å². The van der Waals surface area contributed by atoms with Crippen LogP contribution >= 0.6 is 0 Å². The van der Waals surface area contributed by atoms with Crippen molar-refractivity contribution in [3.63, 3.8) is 0 Å². The number of hydrogen-bond acceptors (Lipinski definition) is 3. The number of carbonyl (C=O) groups excluding carboxylic acids is 1. The molecule has 4 heteroatoms. The van der Waals surface area contributed by atoms with Crippen LogP contribution in [0.4, 0.5) is 0 Å². The predicted molar refractivity (Wildman–Crippen MR) is 70.9 cm³/mol. The lowest BCUT2D eigenvalue weighted by molar-refractivity contribution is -0.137. The first-order valence-corrected chi connectivity index (χ1v) is 6.45. The highest BCUT2D eigenvalue weighted by Gasteiger charge is 2.17. The van der Waals surface area contributed by atoms with Crippen molar-refractivity contribution in [2.45, 2.75) is 32.6 Å². The first kappa shape index (κ1) is 12.7. The summed E-state index contributed by atoms with van der Waals surface area (Å²) in [6.07, 6.45) is 6.03. The Bertz CT molecular complexity index is 486. The van der Waals surface area contributed by atoms with Gasteiger partial charge < -0.3 is 15.0 Å². The van der Waals surface area contributed by atoms with E-state index < -0.39 is 0 Å². The van der Waals surface area contributed by atoms with Crippen LogP contribution in [0.3, 0.4) is 0 Å². The van der Waals surface area contributed by atoms with Gasteiger partial charge in [0.05, 0.1) is 18.0 Å². The molecule has 18 heavy (non-hydrogen) atoms. The van der Waals surface area contributed by atoms with E-state index in [4.69, 9.17) is 10.5 Å². The topological polar surface area (TPSA) is 57.2 Å². The second-order valence-electron chi connectivity index (χ2n) is 4.62. The first-order chi connectivity index (χ1) is 8.63. The van der Waals surface area contributed by atoms with E-state index in [-0.39, 0.29) is 5.97 Å². The molecule has 2 rings (SSSR count). The summed E-state index contributed by atoms with van der Waals surface area (Å²) in [6.45, 7) is 2.15. The standard InChI is InChI=1S/C14H20N2O2/c1-3-18-14(17)9-11(15)13-8-10-6-4-5-7-12(10)16(13)2/h8-9H,3-7,15H2,1-2H3/b11-9-. The van der Waals surface area contributed by atoms with Crippen molar-refractivity contribution in [3.8, 4) is 0 Å². The summed E-state index contributed by atoms with van der Waals surface area (Å²) in [6, 6.07) is 2.10. The summed E-state index contributed by atoms with van der Waals surface area (Å²) < 4.78 is 6.97. The number of ether oxygens (including phenoxy) is 1. The monoisotopic (exact) mass is 248 g/mol. The Labute approximate surface area is 107 Å². The first-order valence-electron chi connectivity index (χ1n) is 6.45. The fourth-order valence-electron chi connectivity index (χ4n) is 2.52. The third-order valence-electron chi connectivity index (χ3n) is 3.41. The van der Waals surface area contributed by atoms with Crippen LogP contribution in [-0.4, -0.2) is 17.1 Å². The zero-order valence-electron chi connectivity index (χ0n) is 11.0. The molecular weight excluding hydrogens is 228 g/mol. The molecule has 1 aromatic rings. The van der Waals surface area contributed by atoms with E-state index in [1.54, 1.807) is 6.92 Å². The Morgan fingerprint density at radius 2 is 2.22 bits per heavy atom. The van der Waals surface area contributed by atoms with Crippen molar-refractivity contribution in [3.05, 3.63) is 29.1 Å². The van der Waals surface area contributed by atoms with E-state index in [0.29, 0.717) is 12.3 Å². The van der Waals surface area contributed by atoms with Crippen LogP contribution < -0.4 is 5.73 Å². The molecule has 1 heterocycles. The van der Waals surface area contributed by atoms with Gasteiger partial charge in [-0.2, -0.15) is 0 Å². The molecule has 0 spiro atoms. The highest BCUT2D eigenvalue weighted by molar-refractivity contribution is 5.90. The average molecular weight is 248 g/mol. The van der Waals surface area contributed by atoms with Gasteiger partial charge in [0.25, 0.3) is 0 Å². The number of esters is 1. The summed E-state index contributed by atoms with van der Waals surface area (Å²) in [5, 5.41) is 0. The number of rotatable bonds is 3. The summed E-state index contributed by atoms with van der Waals surface area (Å²) in [5.74, 6) is -0.380. The third-order valence-corrected chi connectivity index (χ3v) is 3.41. The molecule has 0 fully saturated rings. The molecule has 0 saturated heterocycles. The second kappa shape index (κ2) is 5.29. The molecule has 98 valence electrons. The van der Waals surface area contributed by atoms with E-state index in [2.05, 4.69) is 10.6 Å². The van der Waals surface area contributed by atoms with Crippen molar-refractivity contribution in [2.75, 3.05) is 6.61 Å². The molecule has 1 aliphatic rings. The van der Waals surface area contributed by atoms with Gasteiger partial charge in [0.2, 0.25) is 0 Å². The number of hydrogen-bond donors (Lipinski definition) is 1. The van der Waals surface area contributed by atoms with Gasteiger partial charge in [-0.05, 0) is 44.2 Å². The molecule has 0 aliphatic heterocycles. The van der Waals surface area contributed by atoms with E-state index in [0.717, 1.165) is 18.5 Å². The molecule has 0 atom stereocenters. The SMILES string of the molecule is CCOC(=O)/C=C(\N)c1cc2c(n1C)CCCC2.